The summed E-state index contributed by atoms with van der Waals surface area (Å²) in [6.07, 6.45) is -4.82. The second-order valence-corrected chi connectivity index (χ2v) is 5.95. The molecule has 2 heterocycles. The van der Waals surface area contributed by atoms with Gasteiger partial charge in [-0.15, -0.1) is 13.2 Å². The van der Waals surface area contributed by atoms with Gasteiger partial charge >= 0.3 is 6.36 Å². The Balaban J connectivity index is 1.78. The van der Waals surface area contributed by atoms with E-state index in [1.807, 2.05) is 0 Å². The summed E-state index contributed by atoms with van der Waals surface area (Å²) in [5.41, 5.74) is 1.61. The number of amides is 2. The quantitative estimate of drug-likeness (QED) is 0.632. The average molecular weight is 372 g/mol. The molecular weight excluding hydrogens is 361 g/mol. The highest BCUT2D eigenvalue weighted by Gasteiger charge is 2.40. The molecule has 0 fully saturated rings. The fraction of sp³-hybridized carbons (Fsp3) is 0.105. The summed E-state index contributed by atoms with van der Waals surface area (Å²) in [6, 6.07) is 11.5. The first-order valence-corrected chi connectivity index (χ1v) is 7.90. The number of hydrogen-bond acceptors (Lipinski definition) is 4. The number of carbonyl (C=O) groups is 2. The highest BCUT2D eigenvalue weighted by atomic mass is 19.4. The van der Waals surface area contributed by atoms with E-state index in [-0.39, 0.29) is 16.8 Å². The molecule has 3 aromatic rings. The largest absolute Gasteiger partial charge is 0.573 e. The first-order chi connectivity index (χ1) is 12.8. The van der Waals surface area contributed by atoms with Crippen LogP contribution in [0.2, 0.25) is 0 Å². The summed E-state index contributed by atoms with van der Waals surface area (Å²) < 4.78 is 40.7. The standard InChI is InChI=1S/C19H11F3N2O3/c1-10-15-16(13-4-2-3-5-14(13)23-10)18(26)24(17(15)25)11-6-8-12(9-7-11)27-19(20,21)22/h2-9H,1H3. The van der Waals surface area contributed by atoms with E-state index in [9.17, 15) is 22.8 Å². The van der Waals surface area contributed by atoms with Gasteiger partial charge in [0.25, 0.3) is 11.8 Å². The lowest BCUT2D eigenvalue weighted by Gasteiger charge is -2.15. The van der Waals surface area contributed by atoms with E-state index in [1.165, 1.54) is 12.1 Å². The number of halogens is 3. The molecule has 0 radical (unpaired) electrons. The van der Waals surface area contributed by atoms with Gasteiger partial charge in [0, 0.05) is 5.39 Å². The minimum Gasteiger partial charge on any atom is -0.406 e. The van der Waals surface area contributed by atoms with E-state index in [2.05, 4.69) is 9.72 Å². The maximum Gasteiger partial charge on any atom is 0.573 e. The molecular formula is C19H11F3N2O3. The number of aryl methyl sites for hydroxylation is 1. The van der Waals surface area contributed by atoms with Gasteiger partial charge in [-0.25, -0.2) is 4.90 Å². The Morgan fingerprint density at radius 1 is 0.926 bits per heavy atom. The second kappa shape index (κ2) is 5.80. The number of fused-ring (bicyclic) bond motifs is 3. The number of aromatic nitrogens is 1. The van der Waals surface area contributed by atoms with Gasteiger partial charge in [0.15, 0.2) is 0 Å². The average Bonchev–Trinajstić information content (AvgIpc) is 2.86. The van der Waals surface area contributed by atoms with Crippen LogP contribution in [0.15, 0.2) is 48.5 Å². The third kappa shape index (κ3) is 2.79. The molecule has 136 valence electrons. The number of anilines is 1. The van der Waals surface area contributed by atoms with Gasteiger partial charge in [0.05, 0.1) is 28.0 Å². The zero-order valence-corrected chi connectivity index (χ0v) is 13.9. The van der Waals surface area contributed by atoms with Crippen LogP contribution in [0.5, 0.6) is 5.75 Å². The summed E-state index contributed by atoms with van der Waals surface area (Å²) in [4.78, 5) is 31.1. The van der Waals surface area contributed by atoms with Crippen molar-refractivity contribution in [1.29, 1.82) is 0 Å². The van der Waals surface area contributed by atoms with Crippen molar-refractivity contribution in [2.75, 3.05) is 4.90 Å². The van der Waals surface area contributed by atoms with Gasteiger partial charge in [0.1, 0.15) is 5.75 Å². The van der Waals surface area contributed by atoms with Crippen molar-refractivity contribution < 1.29 is 27.5 Å². The molecule has 2 amide bonds. The SMILES string of the molecule is Cc1nc2ccccc2c2c1C(=O)N(c1ccc(OC(F)(F)F)cc1)C2=O. The molecule has 2 aromatic carbocycles. The monoisotopic (exact) mass is 372 g/mol. The van der Waals surface area contributed by atoms with Crippen molar-refractivity contribution in [2.45, 2.75) is 13.3 Å². The molecule has 0 unspecified atom stereocenters. The molecule has 0 spiro atoms. The van der Waals surface area contributed by atoms with Gasteiger partial charge in [-0.2, -0.15) is 0 Å². The molecule has 0 bridgehead atoms. The molecule has 1 aliphatic rings. The van der Waals surface area contributed by atoms with Crippen LogP contribution in [0, 0.1) is 6.92 Å². The molecule has 0 atom stereocenters. The molecule has 0 aliphatic carbocycles. The van der Waals surface area contributed by atoms with Crippen LogP contribution in [-0.4, -0.2) is 23.2 Å². The van der Waals surface area contributed by atoms with Crippen molar-refractivity contribution in [2.24, 2.45) is 0 Å². The van der Waals surface area contributed by atoms with Gasteiger partial charge in [-0.05, 0) is 37.3 Å². The lowest BCUT2D eigenvalue weighted by atomic mass is 10.0. The summed E-state index contributed by atoms with van der Waals surface area (Å²) >= 11 is 0. The fourth-order valence-corrected chi connectivity index (χ4v) is 3.17. The second-order valence-electron chi connectivity index (χ2n) is 5.95. The Morgan fingerprint density at radius 3 is 2.22 bits per heavy atom. The highest BCUT2D eigenvalue weighted by Crippen LogP contribution is 2.35. The van der Waals surface area contributed by atoms with Crippen molar-refractivity contribution in [3.63, 3.8) is 0 Å². The zero-order chi connectivity index (χ0) is 19.3. The van der Waals surface area contributed by atoms with Crippen LogP contribution in [0.4, 0.5) is 18.9 Å². The molecule has 0 saturated carbocycles. The molecule has 8 heteroatoms. The lowest BCUT2D eigenvalue weighted by molar-refractivity contribution is -0.274. The number of ether oxygens (including phenoxy) is 1. The summed E-state index contributed by atoms with van der Waals surface area (Å²) in [5.74, 6) is -1.54. The summed E-state index contributed by atoms with van der Waals surface area (Å²) in [6.45, 7) is 1.64. The van der Waals surface area contributed by atoms with E-state index >= 15 is 0 Å². The van der Waals surface area contributed by atoms with Crippen molar-refractivity contribution in [3.05, 3.63) is 65.4 Å². The molecule has 27 heavy (non-hydrogen) atoms. The van der Waals surface area contributed by atoms with Crippen LogP contribution < -0.4 is 9.64 Å². The number of rotatable bonds is 2. The number of hydrogen-bond donors (Lipinski definition) is 0. The number of imide groups is 1. The van der Waals surface area contributed by atoms with Crippen LogP contribution in [0.1, 0.15) is 26.4 Å². The third-order valence-corrected chi connectivity index (χ3v) is 4.24. The van der Waals surface area contributed by atoms with Gasteiger partial charge in [-0.1, -0.05) is 18.2 Å². The smallest absolute Gasteiger partial charge is 0.406 e. The van der Waals surface area contributed by atoms with Gasteiger partial charge in [0.2, 0.25) is 0 Å². The van der Waals surface area contributed by atoms with Crippen molar-refractivity contribution in [1.82, 2.24) is 4.98 Å². The van der Waals surface area contributed by atoms with E-state index in [1.54, 1.807) is 31.2 Å². The summed E-state index contributed by atoms with van der Waals surface area (Å²) in [5, 5.41) is 0.552. The minimum absolute atomic E-state index is 0.152. The molecule has 1 aliphatic heterocycles. The zero-order valence-electron chi connectivity index (χ0n) is 13.9. The Bertz CT molecular complexity index is 1090. The summed E-state index contributed by atoms with van der Waals surface area (Å²) in [7, 11) is 0. The molecule has 5 nitrogen and oxygen atoms in total. The van der Waals surface area contributed by atoms with Crippen molar-refractivity contribution in [3.8, 4) is 5.75 Å². The Labute approximate surface area is 151 Å². The number of nitrogens with zero attached hydrogens (tertiary/aromatic N) is 2. The van der Waals surface area contributed by atoms with Crippen LogP contribution in [0.25, 0.3) is 10.9 Å². The van der Waals surface area contributed by atoms with Crippen LogP contribution in [0.3, 0.4) is 0 Å². The molecule has 4 rings (SSSR count). The van der Waals surface area contributed by atoms with E-state index < -0.39 is 23.9 Å². The van der Waals surface area contributed by atoms with Gasteiger partial charge in [-0.3, -0.25) is 14.6 Å². The van der Waals surface area contributed by atoms with Crippen molar-refractivity contribution >= 4 is 28.4 Å². The Hall–Kier alpha value is -3.42. The maximum atomic E-state index is 13.0. The maximum absolute atomic E-state index is 13.0. The Morgan fingerprint density at radius 2 is 1.56 bits per heavy atom. The molecule has 0 N–H and O–H groups in total. The third-order valence-electron chi connectivity index (χ3n) is 4.24. The minimum atomic E-state index is -4.82. The fourth-order valence-electron chi connectivity index (χ4n) is 3.17. The first-order valence-electron chi connectivity index (χ1n) is 7.90. The normalized spacial score (nSPS) is 14.0. The predicted octanol–water partition coefficient (Wildman–Crippen LogP) is 4.24. The number of alkyl halides is 3. The topological polar surface area (TPSA) is 59.5 Å². The highest BCUT2D eigenvalue weighted by molar-refractivity contribution is 6.37. The lowest BCUT2D eigenvalue weighted by Crippen LogP contribution is -2.29. The Kier molecular flexibility index (Phi) is 3.66. The van der Waals surface area contributed by atoms with Crippen LogP contribution in [-0.2, 0) is 0 Å². The number of carbonyl (C=O) groups excluding carboxylic acids is 2. The number of para-hydroxylation sites is 1. The van der Waals surface area contributed by atoms with Gasteiger partial charge < -0.3 is 4.74 Å². The number of benzene rings is 2. The van der Waals surface area contributed by atoms with Crippen LogP contribution >= 0.6 is 0 Å². The molecule has 0 saturated heterocycles. The predicted molar refractivity (Wildman–Crippen MR) is 90.7 cm³/mol. The van der Waals surface area contributed by atoms with E-state index in [4.69, 9.17) is 0 Å². The number of pyridine rings is 1. The first kappa shape index (κ1) is 17.0. The van der Waals surface area contributed by atoms with E-state index in [0.717, 1.165) is 17.0 Å². The van der Waals surface area contributed by atoms with E-state index in [0.29, 0.717) is 16.6 Å². The molecule has 1 aromatic heterocycles.